The molecule has 30 heteroatoms. The van der Waals surface area contributed by atoms with Crippen LogP contribution in [-0.4, -0.2) is 178 Å². The number of amides is 1. The molecule has 0 radical (unpaired) electrons. The molecule has 532 valence electrons. The van der Waals surface area contributed by atoms with Crippen LogP contribution in [0.3, 0.4) is 0 Å². The van der Waals surface area contributed by atoms with Gasteiger partial charge in [0.2, 0.25) is 5.91 Å². The molecule has 1 fully saturated rings. The maximum Gasteiger partial charge on any atom is 3.00 e. The summed E-state index contributed by atoms with van der Waals surface area (Å²) in [5, 5.41) is 37.3. The van der Waals surface area contributed by atoms with Crippen molar-refractivity contribution < 1.29 is 103 Å². The van der Waals surface area contributed by atoms with Crippen LogP contribution in [0.2, 0.25) is 0 Å². The van der Waals surface area contributed by atoms with Crippen molar-refractivity contribution in [2.45, 2.75) is 164 Å². The molecule has 5 rings (SSSR count). The van der Waals surface area contributed by atoms with Crippen LogP contribution in [0, 0.1) is 69.0 Å². The molecule has 0 aromatic heterocycles. The van der Waals surface area contributed by atoms with Gasteiger partial charge in [-0.1, -0.05) is 60.5 Å². The Morgan fingerprint density at radius 1 is 0.667 bits per heavy atom. The molecule has 9 atom stereocenters. The fraction of sp³-hybridized carbons (Fsp3) is 0.712. The number of carbonyl (C=O) groups is 7. The quantitative estimate of drug-likeness (QED) is 0.00820. The van der Waals surface area contributed by atoms with Crippen LogP contribution in [0.25, 0.3) is 10.4 Å². The van der Waals surface area contributed by atoms with E-state index < -0.39 is 104 Å². The number of aliphatic imine (C=N–C) groups is 4. The summed E-state index contributed by atoms with van der Waals surface area (Å²) >= 11 is 0. The number of allylic oxidation sites excluding steroid dienone is 6. The summed E-state index contributed by atoms with van der Waals surface area (Å²) in [7, 11) is 7.66. The number of esters is 6. The van der Waals surface area contributed by atoms with E-state index in [0.29, 0.717) is 52.9 Å². The van der Waals surface area contributed by atoms with Gasteiger partial charge in [0, 0.05) is 123 Å². The Labute approximate surface area is 573 Å². The third kappa shape index (κ3) is 20.0. The fourth-order valence-corrected chi connectivity index (χ4v) is 13.9. The van der Waals surface area contributed by atoms with Gasteiger partial charge in [0.15, 0.2) is 6.08 Å². The largest absolute Gasteiger partial charge is 3.00 e. The Bertz CT molecular complexity index is 3120. The van der Waals surface area contributed by atoms with E-state index in [-0.39, 0.29) is 144 Å². The molecule has 1 amide bonds. The van der Waals surface area contributed by atoms with E-state index >= 15 is 0 Å². The van der Waals surface area contributed by atoms with E-state index in [1.54, 1.807) is 20.8 Å². The molecule has 96 heavy (non-hydrogen) atoms. The van der Waals surface area contributed by atoms with Crippen LogP contribution < -0.4 is 15.7 Å². The monoisotopic (exact) mass is 1390 g/mol. The van der Waals surface area contributed by atoms with Crippen LogP contribution >= 0.6 is 0 Å². The molecule has 2 N–H and O–H groups in total. The zero-order valence-electron chi connectivity index (χ0n) is 58.5. The molecule has 29 nitrogen and oxygen atoms in total. The smallest absolute Gasteiger partial charge is 0.594 e. The zero-order valence-corrected chi connectivity index (χ0v) is 59.6. The van der Waals surface area contributed by atoms with Crippen molar-refractivity contribution in [2.75, 3.05) is 95.4 Å². The number of ether oxygens (including phenoxy) is 10. The summed E-state index contributed by atoms with van der Waals surface area (Å²) in [5.41, 5.74) is 4.09. The molecule has 0 aromatic carbocycles. The second kappa shape index (κ2) is 37.7. The van der Waals surface area contributed by atoms with E-state index in [1.165, 1.54) is 42.7 Å². The number of nitrogens with one attached hydrogen (secondary N) is 2. The molecule has 0 spiro atoms. The SMILES string of the molecule is COC(=O)CC[C@@H]1/C2=C(\C)C3=NC([C@H](CC(=O)OC)[C@@]3(C)CCC(=O)OC)[C@]3(C)N=C(/C(C)=C4\N/C(=C(/N=C([O-])OC(C)(C)C)C(=N2)C1(C)C)[C@@H](CCC(=O)NCCOCCOCCOCCN=[N+]=[N-])[C@]4(C)CC(=O)OC)[C@@H](CCC(=O)OC)[C@]3(C)CC(=O)OC.[C-]#N.[C-]#N.[Co+3]. The second-order valence-corrected chi connectivity index (χ2v) is 26.0. The number of hydrogen-bond acceptors (Lipinski definition) is 26. The van der Waals surface area contributed by atoms with Crippen molar-refractivity contribution in [1.29, 1.82) is 10.5 Å². The first-order valence-electron chi connectivity index (χ1n) is 31.3. The van der Waals surface area contributed by atoms with Gasteiger partial charge < -0.3 is 86.8 Å². The number of hydrogen-bond donors (Lipinski definition) is 2. The Hall–Kier alpha value is -7.73. The Morgan fingerprint density at radius 2 is 1.18 bits per heavy atom. The Kier molecular flexibility index (Phi) is 33.1. The van der Waals surface area contributed by atoms with Crippen molar-refractivity contribution in [1.82, 2.24) is 10.6 Å². The van der Waals surface area contributed by atoms with Gasteiger partial charge in [0.1, 0.15) is 5.70 Å². The minimum absolute atomic E-state index is 0. The predicted molar refractivity (Wildman–Crippen MR) is 343 cm³/mol. The Balaban J connectivity index is 0.00000615. The predicted octanol–water partition coefficient (Wildman–Crippen LogP) is 6.89. The molecule has 5 aliphatic heterocycles. The van der Waals surface area contributed by atoms with Gasteiger partial charge in [0.05, 0.1) is 119 Å². The minimum atomic E-state index is -1.50. The summed E-state index contributed by atoms with van der Waals surface area (Å²) in [5.74, 6) is -7.00. The van der Waals surface area contributed by atoms with E-state index in [0.717, 1.165) is 0 Å². The molecule has 5 heterocycles. The van der Waals surface area contributed by atoms with Gasteiger partial charge in [-0.15, -0.1) is 0 Å². The first-order valence-corrected chi connectivity index (χ1v) is 31.3. The Morgan fingerprint density at radius 3 is 1.72 bits per heavy atom. The summed E-state index contributed by atoms with van der Waals surface area (Å²) in [4.78, 5) is 122. The van der Waals surface area contributed by atoms with E-state index in [2.05, 4.69) is 20.7 Å². The van der Waals surface area contributed by atoms with E-state index in [1.807, 2.05) is 55.4 Å². The van der Waals surface area contributed by atoms with Gasteiger partial charge >= 0.3 is 52.6 Å². The maximum absolute atomic E-state index is 14.7. The van der Waals surface area contributed by atoms with Gasteiger partial charge in [-0.25, -0.2) is 4.99 Å². The number of fused-ring (bicyclic) bond motifs is 6. The number of nitrogens with zero attached hydrogens (tertiary/aromatic N) is 9. The second-order valence-electron chi connectivity index (χ2n) is 26.0. The van der Waals surface area contributed by atoms with Gasteiger partial charge in [-0.3, -0.25) is 48.5 Å². The average molecular weight is 1390 g/mol. The number of methoxy groups -OCH3 is 6. The van der Waals surface area contributed by atoms with Crippen molar-refractivity contribution in [3.63, 3.8) is 0 Å². The number of rotatable bonds is 31. The molecular weight excluding hydrogens is 1290 g/mol. The van der Waals surface area contributed by atoms with Crippen LogP contribution in [0.4, 0.5) is 0 Å². The topological polar surface area (TPSA) is 405 Å². The van der Waals surface area contributed by atoms with Gasteiger partial charge in [-0.2, -0.15) is 0 Å². The standard InChI is InChI=1S/C64H97N9O18.2CN.Co/c1-37-50-39(19-22-44(75)82-12)60(6,7)57(68-50)53(70-58(81)91-59(3,4)5)52-40(18-21-43(74)66-26-28-88-30-32-90-33-31-89-29-27-67-73-65)62(9,35-48(79)86-16)55(69-52)38(2)51-41(20-23-45(76)83-13)63(10,36-49(80)87-17)64(11,72-51)56-42(34-47(78)85-15)61(8,54(37)71-56)25-24-46(77)84-14;2*1-2;/h39-42,56,69H,18-36H2,1-17H3,(H,66,74)(H,70,81);;;/q;2*-1;+3/p-1/b50-37-,53-52+,55-38-;;;/t39-,40-,41-,42+,56?,61-,62+,63+,64+;;;/m1.../s1. The molecule has 0 aromatic rings. The van der Waals surface area contributed by atoms with Crippen LogP contribution in [-0.2, 0) is 97.7 Å². The molecule has 1 saturated heterocycles. The van der Waals surface area contributed by atoms with Crippen molar-refractivity contribution >= 4 is 64.9 Å². The molecule has 8 bridgehead atoms. The van der Waals surface area contributed by atoms with Crippen molar-refractivity contribution in [3.05, 3.63) is 57.5 Å². The summed E-state index contributed by atoms with van der Waals surface area (Å²) in [6.45, 7) is 31.5. The molecule has 5 aliphatic rings. The van der Waals surface area contributed by atoms with Crippen LogP contribution in [0.5, 0.6) is 0 Å². The molecular formula is C66H96CoN11O18. The third-order valence-electron chi connectivity index (χ3n) is 19.0. The maximum atomic E-state index is 14.7. The first kappa shape index (κ1) is 84.4. The number of azide groups is 1. The number of carbonyl (C=O) groups excluding carboxylic acids is 7. The molecule has 1 unspecified atom stereocenters. The van der Waals surface area contributed by atoms with E-state index in [9.17, 15) is 38.7 Å². The third-order valence-corrected chi connectivity index (χ3v) is 19.0. The zero-order chi connectivity index (χ0) is 71.9. The normalized spacial score (nSPS) is 27.6. The summed E-state index contributed by atoms with van der Waals surface area (Å²) < 4.78 is 54.7. The molecule has 0 saturated carbocycles. The average Bonchev–Trinajstić information content (AvgIpc) is 1.53. The van der Waals surface area contributed by atoms with Crippen LogP contribution in [0.15, 0.2) is 59.0 Å². The van der Waals surface area contributed by atoms with Gasteiger partial charge in [0.25, 0.3) is 0 Å². The van der Waals surface area contributed by atoms with Crippen LogP contribution in [0.1, 0.15) is 147 Å². The summed E-state index contributed by atoms with van der Waals surface area (Å²) in [6.07, 6.45) is -2.00. The minimum Gasteiger partial charge on any atom is -0.594 e. The first-order chi connectivity index (χ1) is 44.8. The summed E-state index contributed by atoms with van der Waals surface area (Å²) in [6, 6.07) is -1.01. The van der Waals surface area contributed by atoms with Crippen molar-refractivity contribution in [3.8, 4) is 0 Å². The van der Waals surface area contributed by atoms with Gasteiger partial charge in [-0.05, 0) is 63.1 Å². The fourth-order valence-electron chi connectivity index (χ4n) is 13.9. The van der Waals surface area contributed by atoms with Crippen molar-refractivity contribution in [2.24, 2.45) is 70.4 Å². The molecule has 0 aliphatic carbocycles. The van der Waals surface area contributed by atoms with E-state index in [4.69, 9.17) is 96.5 Å².